The van der Waals surface area contributed by atoms with E-state index in [2.05, 4.69) is 12.6 Å². The van der Waals surface area contributed by atoms with Gasteiger partial charge in [0.05, 0.1) is 5.70 Å². The first-order valence-electron chi connectivity index (χ1n) is 4.26. The topological polar surface area (TPSA) is 66.5 Å². The lowest BCUT2D eigenvalue weighted by molar-refractivity contribution is 0.174. The zero-order valence-electron chi connectivity index (χ0n) is 7.38. The molecule has 0 fully saturated rings. The van der Waals surface area contributed by atoms with E-state index in [9.17, 15) is 10.2 Å². The Kier molecular flexibility index (Phi) is 2.26. The average molecular weight is 209 g/mol. The number of rotatable bonds is 0. The van der Waals surface area contributed by atoms with E-state index in [4.69, 9.17) is 5.73 Å². The van der Waals surface area contributed by atoms with Gasteiger partial charge in [0, 0.05) is 4.91 Å². The maximum Gasteiger partial charge on any atom is 0.119 e. The molecule has 0 saturated heterocycles. The van der Waals surface area contributed by atoms with Crippen LogP contribution in [0.15, 0.2) is 34.9 Å². The molecular weight excluding hydrogens is 198 g/mol. The van der Waals surface area contributed by atoms with Crippen LogP contribution >= 0.6 is 12.6 Å². The van der Waals surface area contributed by atoms with Crippen molar-refractivity contribution in [3.8, 4) is 0 Å². The summed E-state index contributed by atoms with van der Waals surface area (Å²) in [6.07, 6.45) is -1.68. The second-order valence-corrected chi connectivity index (χ2v) is 3.76. The van der Waals surface area contributed by atoms with E-state index in [1.54, 1.807) is 24.3 Å². The molecule has 1 aromatic carbocycles. The number of nitrogens with two attached hydrogens (primary N) is 1. The number of thiol groups is 1. The van der Waals surface area contributed by atoms with Crippen molar-refractivity contribution in [3.05, 3.63) is 46.0 Å². The summed E-state index contributed by atoms with van der Waals surface area (Å²) in [5.74, 6) is 0. The molecule has 14 heavy (non-hydrogen) atoms. The lowest BCUT2D eigenvalue weighted by Gasteiger charge is -2.27. The van der Waals surface area contributed by atoms with Gasteiger partial charge in [-0.3, -0.25) is 0 Å². The van der Waals surface area contributed by atoms with E-state index < -0.39 is 12.2 Å². The van der Waals surface area contributed by atoms with E-state index >= 15 is 0 Å². The number of fused-ring (bicyclic) bond motifs is 1. The van der Waals surface area contributed by atoms with E-state index in [1.807, 2.05) is 0 Å². The first-order valence-corrected chi connectivity index (χ1v) is 4.71. The zero-order valence-corrected chi connectivity index (χ0v) is 8.28. The fraction of sp³-hybridized carbons (Fsp3) is 0.200. The fourth-order valence-corrected chi connectivity index (χ4v) is 1.88. The largest absolute Gasteiger partial charge is 0.399 e. The van der Waals surface area contributed by atoms with Gasteiger partial charge in [-0.1, -0.05) is 24.3 Å². The maximum atomic E-state index is 9.79. The summed E-state index contributed by atoms with van der Waals surface area (Å²) in [7, 11) is 0. The van der Waals surface area contributed by atoms with Crippen LogP contribution in [0.2, 0.25) is 0 Å². The molecule has 74 valence electrons. The molecular formula is C10H11NO2S. The highest BCUT2D eigenvalue weighted by Crippen LogP contribution is 2.39. The van der Waals surface area contributed by atoms with E-state index in [1.165, 1.54) is 0 Å². The first kappa shape index (κ1) is 9.58. The van der Waals surface area contributed by atoms with E-state index in [-0.39, 0.29) is 5.70 Å². The monoisotopic (exact) mass is 209 g/mol. The minimum atomic E-state index is -0.859. The van der Waals surface area contributed by atoms with Gasteiger partial charge in [-0.05, 0) is 11.1 Å². The Bertz CT molecular complexity index is 366. The van der Waals surface area contributed by atoms with Crippen LogP contribution in [0.4, 0.5) is 0 Å². The fourth-order valence-electron chi connectivity index (χ4n) is 1.62. The van der Waals surface area contributed by atoms with Gasteiger partial charge >= 0.3 is 0 Å². The number of benzene rings is 1. The summed E-state index contributed by atoms with van der Waals surface area (Å²) in [5, 5.41) is 19.6. The van der Waals surface area contributed by atoms with Crippen molar-refractivity contribution < 1.29 is 10.2 Å². The Morgan fingerprint density at radius 3 is 2.14 bits per heavy atom. The number of aliphatic hydroxyl groups is 2. The lowest BCUT2D eigenvalue weighted by atomic mass is 9.90. The van der Waals surface area contributed by atoms with Crippen molar-refractivity contribution in [2.24, 2.45) is 5.73 Å². The third kappa shape index (κ3) is 1.23. The summed E-state index contributed by atoms with van der Waals surface area (Å²) < 4.78 is 0. The Hall–Kier alpha value is -0.970. The first-order chi connectivity index (χ1) is 6.63. The minimum absolute atomic E-state index is 0.222. The molecule has 1 aliphatic carbocycles. The molecule has 2 unspecified atom stereocenters. The van der Waals surface area contributed by atoms with Crippen molar-refractivity contribution in [3.63, 3.8) is 0 Å². The second kappa shape index (κ2) is 3.31. The number of hydrogen-bond acceptors (Lipinski definition) is 4. The van der Waals surface area contributed by atoms with Crippen molar-refractivity contribution in [1.82, 2.24) is 0 Å². The lowest BCUT2D eigenvalue weighted by Crippen LogP contribution is -2.21. The summed E-state index contributed by atoms with van der Waals surface area (Å²) in [6.45, 7) is 0. The van der Waals surface area contributed by atoms with Gasteiger partial charge in [0.1, 0.15) is 12.2 Å². The van der Waals surface area contributed by atoms with Crippen LogP contribution < -0.4 is 5.73 Å². The van der Waals surface area contributed by atoms with Crippen molar-refractivity contribution in [1.29, 1.82) is 0 Å². The van der Waals surface area contributed by atoms with Gasteiger partial charge in [0.15, 0.2) is 0 Å². The van der Waals surface area contributed by atoms with Crippen LogP contribution in [0.1, 0.15) is 23.3 Å². The van der Waals surface area contributed by atoms with Gasteiger partial charge in [0.25, 0.3) is 0 Å². The third-order valence-corrected chi connectivity index (χ3v) is 2.94. The zero-order chi connectivity index (χ0) is 10.3. The minimum Gasteiger partial charge on any atom is -0.399 e. The van der Waals surface area contributed by atoms with Crippen LogP contribution in [-0.4, -0.2) is 10.2 Å². The Labute approximate surface area is 87.3 Å². The molecule has 2 rings (SSSR count). The maximum absolute atomic E-state index is 9.79. The molecule has 2 atom stereocenters. The van der Waals surface area contributed by atoms with E-state index in [0.29, 0.717) is 16.0 Å². The normalized spacial score (nSPS) is 26.2. The molecule has 0 aromatic heterocycles. The highest BCUT2D eigenvalue weighted by molar-refractivity contribution is 7.84. The highest BCUT2D eigenvalue weighted by Gasteiger charge is 2.28. The molecule has 0 saturated carbocycles. The van der Waals surface area contributed by atoms with Crippen molar-refractivity contribution >= 4 is 12.6 Å². The molecule has 4 N–H and O–H groups in total. The number of aliphatic hydroxyl groups excluding tert-OH is 2. The van der Waals surface area contributed by atoms with Crippen LogP contribution in [0, 0.1) is 0 Å². The smallest absolute Gasteiger partial charge is 0.119 e. The summed E-state index contributed by atoms with van der Waals surface area (Å²) in [6, 6.07) is 7.10. The van der Waals surface area contributed by atoms with Crippen LogP contribution in [0.25, 0.3) is 0 Å². The predicted molar refractivity (Wildman–Crippen MR) is 56.6 cm³/mol. The van der Waals surface area contributed by atoms with Crippen LogP contribution in [0.3, 0.4) is 0 Å². The Morgan fingerprint density at radius 2 is 1.57 bits per heavy atom. The van der Waals surface area contributed by atoms with Gasteiger partial charge in [-0.15, -0.1) is 12.6 Å². The van der Waals surface area contributed by atoms with Gasteiger partial charge in [0.2, 0.25) is 0 Å². The molecule has 0 heterocycles. The second-order valence-electron chi connectivity index (χ2n) is 3.27. The standard InChI is InChI=1S/C10H11NO2S/c11-7-8(12)5-3-1-2-4-6(5)9(13)10(7)14/h1-4,8-9,12-14H,11H2. The van der Waals surface area contributed by atoms with Gasteiger partial charge < -0.3 is 15.9 Å². The van der Waals surface area contributed by atoms with E-state index in [0.717, 1.165) is 0 Å². The third-order valence-electron chi connectivity index (χ3n) is 2.43. The predicted octanol–water partition coefficient (Wildman–Crippen LogP) is 0.867. The summed E-state index contributed by atoms with van der Waals surface area (Å²) in [4.78, 5) is 0.330. The Balaban J connectivity index is 2.61. The average Bonchev–Trinajstić information content (AvgIpc) is 2.23. The van der Waals surface area contributed by atoms with Gasteiger partial charge in [-0.25, -0.2) is 0 Å². The van der Waals surface area contributed by atoms with Crippen molar-refractivity contribution in [2.75, 3.05) is 0 Å². The summed E-state index contributed by atoms with van der Waals surface area (Å²) >= 11 is 4.08. The molecule has 3 nitrogen and oxygen atoms in total. The highest BCUT2D eigenvalue weighted by atomic mass is 32.1. The molecule has 0 amide bonds. The Morgan fingerprint density at radius 1 is 1.07 bits per heavy atom. The molecule has 1 aliphatic rings. The molecule has 0 spiro atoms. The molecule has 0 bridgehead atoms. The van der Waals surface area contributed by atoms with Crippen molar-refractivity contribution in [2.45, 2.75) is 12.2 Å². The van der Waals surface area contributed by atoms with Gasteiger partial charge in [-0.2, -0.15) is 0 Å². The van der Waals surface area contributed by atoms with Crippen LogP contribution in [0.5, 0.6) is 0 Å². The molecule has 0 aliphatic heterocycles. The molecule has 0 radical (unpaired) electrons. The molecule has 4 heteroatoms. The molecule has 1 aromatic rings. The van der Waals surface area contributed by atoms with Crippen LogP contribution in [-0.2, 0) is 0 Å². The number of hydrogen-bond donors (Lipinski definition) is 4. The SMILES string of the molecule is NC1=C(S)C(O)c2ccccc2C1O. The quantitative estimate of drug-likeness (QED) is 0.479. The summed E-state index contributed by atoms with van der Waals surface area (Å²) in [5.41, 5.74) is 7.16.